The monoisotopic (exact) mass is 369 g/mol. The Morgan fingerprint density at radius 3 is 2.59 bits per heavy atom. The van der Waals surface area contributed by atoms with Crippen molar-refractivity contribution in [2.24, 2.45) is 0 Å². The zero-order valence-electron chi connectivity index (χ0n) is 15.7. The zero-order valence-corrected chi connectivity index (χ0v) is 15.7. The number of hydrogen-bond donors (Lipinski definition) is 1. The molecule has 0 radical (unpaired) electrons. The topological polar surface area (TPSA) is 66.0 Å². The number of carbonyl (C=O) groups excluding carboxylic acids is 1. The van der Waals surface area contributed by atoms with Gasteiger partial charge < -0.3 is 24.3 Å². The minimum absolute atomic E-state index is 0.118. The van der Waals surface area contributed by atoms with Crippen LogP contribution >= 0.6 is 0 Å². The van der Waals surface area contributed by atoms with E-state index in [2.05, 4.69) is 5.32 Å². The molecule has 0 bridgehead atoms. The number of amides is 1. The first kappa shape index (κ1) is 17.5. The van der Waals surface area contributed by atoms with Gasteiger partial charge in [-0.15, -0.1) is 0 Å². The van der Waals surface area contributed by atoms with Gasteiger partial charge in [-0.1, -0.05) is 12.1 Å². The lowest BCUT2D eigenvalue weighted by molar-refractivity contribution is -0.128. The van der Waals surface area contributed by atoms with Gasteiger partial charge in [-0.2, -0.15) is 0 Å². The van der Waals surface area contributed by atoms with E-state index in [1.807, 2.05) is 51.1 Å². The fourth-order valence-corrected chi connectivity index (χ4v) is 3.42. The molecule has 0 aromatic heterocycles. The minimum Gasteiger partial charge on any atom is -0.492 e. The molecule has 4 rings (SSSR count). The van der Waals surface area contributed by atoms with Crippen LogP contribution in [0.5, 0.6) is 23.0 Å². The maximum Gasteiger partial charge on any atom is 0.269 e. The molecule has 27 heavy (non-hydrogen) atoms. The summed E-state index contributed by atoms with van der Waals surface area (Å²) in [6.45, 7) is 6.25. The van der Waals surface area contributed by atoms with E-state index >= 15 is 0 Å². The second kappa shape index (κ2) is 7.02. The van der Waals surface area contributed by atoms with Gasteiger partial charge in [0.15, 0.2) is 11.5 Å². The van der Waals surface area contributed by atoms with Crippen molar-refractivity contribution in [2.45, 2.75) is 45.5 Å². The first-order valence-corrected chi connectivity index (χ1v) is 9.24. The first-order valence-electron chi connectivity index (χ1n) is 9.24. The maximum atomic E-state index is 12.9. The Morgan fingerprint density at radius 2 is 1.85 bits per heavy atom. The van der Waals surface area contributed by atoms with Crippen LogP contribution in [0.25, 0.3) is 0 Å². The average Bonchev–Trinajstić information content (AvgIpc) is 3.00. The Balaban J connectivity index is 1.57. The van der Waals surface area contributed by atoms with E-state index in [-0.39, 0.29) is 12.0 Å². The van der Waals surface area contributed by atoms with Gasteiger partial charge in [0.2, 0.25) is 6.10 Å². The Labute approximate surface area is 158 Å². The van der Waals surface area contributed by atoms with Crippen molar-refractivity contribution in [3.05, 3.63) is 42.0 Å². The number of fused-ring (bicyclic) bond motifs is 2. The van der Waals surface area contributed by atoms with Crippen molar-refractivity contribution < 1.29 is 23.7 Å². The number of anilines is 1. The fraction of sp³-hybridized carbons (Fsp3) is 0.381. The Morgan fingerprint density at radius 1 is 1.11 bits per heavy atom. The summed E-state index contributed by atoms with van der Waals surface area (Å²) in [5, 5.41) is 2.92. The van der Waals surface area contributed by atoms with Crippen molar-refractivity contribution in [3.8, 4) is 23.0 Å². The van der Waals surface area contributed by atoms with Crippen LogP contribution in [0.15, 0.2) is 36.4 Å². The quantitative estimate of drug-likeness (QED) is 0.892. The number of nitrogens with one attached hydrogen (secondary N) is 1. The molecule has 3 atom stereocenters. The van der Waals surface area contributed by atoms with Crippen LogP contribution in [0.3, 0.4) is 0 Å². The smallest absolute Gasteiger partial charge is 0.269 e. The number of para-hydroxylation sites is 2. The molecule has 0 saturated heterocycles. The van der Waals surface area contributed by atoms with Crippen LogP contribution < -0.4 is 24.3 Å². The number of benzene rings is 2. The molecule has 2 aromatic rings. The normalized spacial score (nSPS) is 22.6. The molecular formula is C21H23NO5. The van der Waals surface area contributed by atoms with E-state index < -0.39 is 12.2 Å². The number of hydrogen-bond acceptors (Lipinski definition) is 5. The Hall–Kier alpha value is -2.89. The van der Waals surface area contributed by atoms with Gasteiger partial charge in [0.1, 0.15) is 23.7 Å². The largest absolute Gasteiger partial charge is 0.492 e. The third-order valence-electron chi connectivity index (χ3n) is 4.66. The lowest BCUT2D eigenvalue weighted by atomic mass is 10.1. The average molecular weight is 369 g/mol. The lowest BCUT2D eigenvalue weighted by Crippen LogP contribution is -2.46. The fourth-order valence-electron chi connectivity index (χ4n) is 3.42. The first-order chi connectivity index (χ1) is 13.0. The van der Waals surface area contributed by atoms with Gasteiger partial charge in [0.25, 0.3) is 5.91 Å². The molecule has 2 aliphatic heterocycles. The molecular weight excluding hydrogens is 346 g/mol. The van der Waals surface area contributed by atoms with E-state index in [1.54, 1.807) is 6.07 Å². The van der Waals surface area contributed by atoms with E-state index in [0.29, 0.717) is 29.5 Å². The number of rotatable bonds is 4. The van der Waals surface area contributed by atoms with Gasteiger partial charge in [0, 0.05) is 18.1 Å². The molecule has 2 aliphatic rings. The molecule has 6 heteroatoms. The summed E-state index contributed by atoms with van der Waals surface area (Å²) in [5.74, 6) is 2.33. The minimum atomic E-state index is -0.762. The Bertz CT molecular complexity index is 866. The van der Waals surface area contributed by atoms with Gasteiger partial charge >= 0.3 is 0 Å². The summed E-state index contributed by atoms with van der Waals surface area (Å²) in [4.78, 5) is 12.9. The molecule has 6 nitrogen and oxygen atoms in total. The van der Waals surface area contributed by atoms with Crippen LogP contribution in [0.2, 0.25) is 0 Å². The van der Waals surface area contributed by atoms with E-state index in [4.69, 9.17) is 18.9 Å². The van der Waals surface area contributed by atoms with Crippen LogP contribution in [0.4, 0.5) is 5.69 Å². The van der Waals surface area contributed by atoms with Crippen molar-refractivity contribution in [2.75, 3.05) is 11.9 Å². The molecule has 0 saturated carbocycles. The summed E-state index contributed by atoms with van der Waals surface area (Å²) in [6, 6.07) is 11.1. The SMILES string of the molecule is CCOc1cc2c(cc1NC(=O)C1Oc3ccccc3OC1C)OC(C)C2. The van der Waals surface area contributed by atoms with E-state index in [0.717, 1.165) is 17.7 Å². The molecule has 2 heterocycles. The van der Waals surface area contributed by atoms with Gasteiger partial charge in [-0.3, -0.25) is 4.79 Å². The second-order valence-electron chi connectivity index (χ2n) is 6.82. The van der Waals surface area contributed by atoms with Crippen molar-refractivity contribution in [3.63, 3.8) is 0 Å². The molecule has 3 unspecified atom stereocenters. The van der Waals surface area contributed by atoms with Crippen molar-refractivity contribution in [1.29, 1.82) is 0 Å². The molecule has 1 amide bonds. The molecule has 0 fully saturated rings. The summed E-state index contributed by atoms with van der Waals surface area (Å²) in [6.07, 6.45) is -0.229. The van der Waals surface area contributed by atoms with Gasteiger partial charge in [0.05, 0.1) is 12.3 Å². The summed E-state index contributed by atoms with van der Waals surface area (Å²) < 4.78 is 23.2. The highest BCUT2D eigenvalue weighted by Gasteiger charge is 2.35. The molecule has 142 valence electrons. The second-order valence-corrected chi connectivity index (χ2v) is 6.82. The van der Waals surface area contributed by atoms with Gasteiger partial charge in [-0.25, -0.2) is 0 Å². The van der Waals surface area contributed by atoms with Crippen molar-refractivity contribution >= 4 is 11.6 Å². The summed E-state index contributed by atoms with van der Waals surface area (Å²) in [5.41, 5.74) is 1.66. The van der Waals surface area contributed by atoms with Crippen molar-refractivity contribution in [1.82, 2.24) is 0 Å². The highest BCUT2D eigenvalue weighted by molar-refractivity contribution is 5.96. The molecule has 0 aliphatic carbocycles. The van der Waals surface area contributed by atoms with Crippen LogP contribution in [-0.2, 0) is 11.2 Å². The predicted octanol–water partition coefficient (Wildman–Crippen LogP) is 3.58. The lowest BCUT2D eigenvalue weighted by Gasteiger charge is -2.31. The summed E-state index contributed by atoms with van der Waals surface area (Å²) >= 11 is 0. The summed E-state index contributed by atoms with van der Waals surface area (Å²) in [7, 11) is 0. The Kier molecular flexibility index (Phi) is 4.56. The van der Waals surface area contributed by atoms with E-state index in [9.17, 15) is 4.79 Å². The van der Waals surface area contributed by atoms with Gasteiger partial charge in [-0.05, 0) is 39.0 Å². The molecule has 0 spiro atoms. The highest BCUT2D eigenvalue weighted by atomic mass is 16.6. The predicted molar refractivity (Wildman–Crippen MR) is 101 cm³/mol. The highest BCUT2D eigenvalue weighted by Crippen LogP contribution is 2.39. The zero-order chi connectivity index (χ0) is 19.0. The van der Waals surface area contributed by atoms with Crippen LogP contribution in [0.1, 0.15) is 26.3 Å². The standard InChI is InChI=1S/C21H23NO5/c1-4-24-19-10-14-9-12(2)25-18(14)11-15(19)22-21(23)20-13(3)26-16-7-5-6-8-17(16)27-20/h5-8,10-13,20H,4,9H2,1-3H3,(H,22,23). The number of carbonyl (C=O) groups is 1. The van der Waals surface area contributed by atoms with E-state index in [1.165, 1.54) is 0 Å². The molecule has 2 aromatic carbocycles. The third kappa shape index (κ3) is 3.39. The number of ether oxygens (including phenoxy) is 4. The van der Waals surface area contributed by atoms with Crippen LogP contribution in [0, 0.1) is 0 Å². The molecule has 1 N–H and O–H groups in total. The van der Waals surface area contributed by atoms with Crippen LogP contribution in [-0.4, -0.2) is 30.8 Å². The maximum absolute atomic E-state index is 12.9. The third-order valence-corrected chi connectivity index (χ3v) is 4.66.